The van der Waals surface area contributed by atoms with E-state index in [1.807, 2.05) is 0 Å². The molecule has 6 heteroatoms. The fourth-order valence-corrected chi connectivity index (χ4v) is 4.00. The Hall–Kier alpha value is -2.18. The number of ether oxygens (including phenoxy) is 2. The van der Waals surface area contributed by atoms with Crippen LogP contribution in [0.5, 0.6) is 5.75 Å². The lowest BCUT2D eigenvalue weighted by Crippen LogP contribution is -2.42. The van der Waals surface area contributed by atoms with Crippen LogP contribution in [0.4, 0.5) is 0 Å². The largest absolute Gasteiger partial charge is 0.508 e. The third-order valence-electron chi connectivity index (χ3n) is 5.30. The van der Waals surface area contributed by atoms with Gasteiger partial charge in [-0.25, -0.2) is 4.98 Å². The first-order valence-corrected chi connectivity index (χ1v) is 9.30. The Morgan fingerprint density at radius 1 is 1.27 bits per heavy atom. The zero-order valence-corrected chi connectivity index (χ0v) is 15.0. The van der Waals surface area contributed by atoms with Crippen LogP contribution in [0.15, 0.2) is 29.1 Å². The second-order valence-electron chi connectivity index (χ2n) is 7.15. The van der Waals surface area contributed by atoms with E-state index in [0.29, 0.717) is 31.0 Å². The summed E-state index contributed by atoms with van der Waals surface area (Å²) in [4.78, 5) is 20.5. The van der Waals surface area contributed by atoms with E-state index in [1.165, 1.54) is 0 Å². The minimum absolute atomic E-state index is 0.127. The molecule has 1 atom stereocenters. The number of benzene rings is 1. The molecule has 1 aromatic carbocycles. The van der Waals surface area contributed by atoms with E-state index in [4.69, 9.17) is 14.5 Å². The SMILES string of the molecule is CCCCC1CC2(Cc3c1nc(-c1ccc(O)cc1)[nH]c3=O)OCCO2. The van der Waals surface area contributed by atoms with E-state index in [1.54, 1.807) is 24.3 Å². The molecule has 2 N–H and O–H groups in total. The van der Waals surface area contributed by atoms with E-state index < -0.39 is 5.79 Å². The highest BCUT2D eigenvalue weighted by molar-refractivity contribution is 5.56. The highest BCUT2D eigenvalue weighted by Crippen LogP contribution is 2.42. The van der Waals surface area contributed by atoms with Crippen molar-refractivity contribution in [1.82, 2.24) is 9.97 Å². The van der Waals surface area contributed by atoms with Gasteiger partial charge in [0.25, 0.3) is 5.56 Å². The van der Waals surface area contributed by atoms with E-state index in [9.17, 15) is 9.90 Å². The Labute approximate surface area is 152 Å². The van der Waals surface area contributed by atoms with E-state index >= 15 is 0 Å². The highest BCUT2D eigenvalue weighted by atomic mass is 16.7. The zero-order valence-electron chi connectivity index (χ0n) is 15.0. The van der Waals surface area contributed by atoms with E-state index in [-0.39, 0.29) is 17.2 Å². The molecule has 26 heavy (non-hydrogen) atoms. The Kier molecular flexibility index (Phi) is 4.54. The van der Waals surface area contributed by atoms with Crippen LogP contribution in [0.25, 0.3) is 11.4 Å². The molecule has 1 fully saturated rings. The smallest absolute Gasteiger partial charge is 0.254 e. The fourth-order valence-electron chi connectivity index (χ4n) is 4.00. The summed E-state index contributed by atoms with van der Waals surface area (Å²) >= 11 is 0. The number of hydrogen-bond donors (Lipinski definition) is 2. The van der Waals surface area contributed by atoms with Crippen LogP contribution in [0.1, 0.15) is 49.8 Å². The number of phenolic OH excluding ortho intramolecular Hbond substituents is 1. The number of H-pyrrole nitrogens is 1. The Bertz CT molecular complexity index is 838. The number of aromatic hydroxyl groups is 1. The zero-order chi connectivity index (χ0) is 18.1. The molecule has 1 aromatic heterocycles. The van der Waals surface area contributed by atoms with Gasteiger partial charge < -0.3 is 19.6 Å². The molecule has 0 amide bonds. The van der Waals surface area contributed by atoms with E-state index in [0.717, 1.165) is 36.9 Å². The van der Waals surface area contributed by atoms with Crippen LogP contribution >= 0.6 is 0 Å². The number of hydrogen-bond acceptors (Lipinski definition) is 5. The molecule has 1 spiro atoms. The number of phenols is 1. The van der Waals surface area contributed by atoms with Gasteiger partial charge in [0.2, 0.25) is 0 Å². The van der Waals surface area contributed by atoms with Crippen molar-refractivity contribution in [2.75, 3.05) is 13.2 Å². The van der Waals surface area contributed by atoms with Crippen molar-refractivity contribution in [1.29, 1.82) is 0 Å². The van der Waals surface area contributed by atoms with Gasteiger partial charge in [0, 0.05) is 29.9 Å². The summed E-state index contributed by atoms with van der Waals surface area (Å²) in [6.07, 6.45) is 4.32. The number of fused-ring (bicyclic) bond motifs is 1. The van der Waals surface area contributed by atoms with Gasteiger partial charge in [0.1, 0.15) is 11.6 Å². The van der Waals surface area contributed by atoms with Crippen molar-refractivity contribution in [2.24, 2.45) is 0 Å². The predicted octanol–water partition coefficient (Wildman–Crippen LogP) is 3.11. The third-order valence-corrected chi connectivity index (χ3v) is 5.30. The molecule has 1 aliphatic carbocycles. The first kappa shape index (κ1) is 17.2. The van der Waals surface area contributed by atoms with Gasteiger partial charge in [-0.15, -0.1) is 0 Å². The van der Waals surface area contributed by atoms with Gasteiger partial charge in [-0.3, -0.25) is 4.79 Å². The summed E-state index contributed by atoms with van der Waals surface area (Å²) in [6, 6.07) is 6.71. The number of nitrogens with zero attached hydrogens (tertiary/aromatic N) is 1. The van der Waals surface area contributed by atoms with Crippen LogP contribution in [-0.4, -0.2) is 34.1 Å². The number of rotatable bonds is 4. The molecule has 0 saturated carbocycles. The predicted molar refractivity (Wildman–Crippen MR) is 97.2 cm³/mol. The molecule has 2 heterocycles. The summed E-state index contributed by atoms with van der Waals surface area (Å²) in [6.45, 7) is 3.31. The van der Waals surface area contributed by atoms with Crippen molar-refractivity contribution in [3.8, 4) is 17.1 Å². The van der Waals surface area contributed by atoms with Gasteiger partial charge >= 0.3 is 0 Å². The number of unbranched alkanes of at least 4 members (excludes halogenated alkanes) is 1. The Balaban J connectivity index is 1.77. The van der Waals surface area contributed by atoms with Gasteiger partial charge in [-0.2, -0.15) is 0 Å². The molecule has 0 radical (unpaired) electrons. The van der Waals surface area contributed by atoms with Gasteiger partial charge in [-0.1, -0.05) is 19.8 Å². The molecule has 138 valence electrons. The average molecular weight is 356 g/mol. The van der Waals surface area contributed by atoms with Crippen LogP contribution < -0.4 is 5.56 Å². The van der Waals surface area contributed by atoms with Crippen molar-refractivity contribution in [3.63, 3.8) is 0 Å². The first-order valence-electron chi connectivity index (χ1n) is 9.30. The van der Waals surface area contributed by atoms with Crippen molar-refractivity contribution in [2.45, 2.75) is 50.7 Å². The number of nitrogens with one attached hydrogen (secondary N) is 1. The Morgan fingerprint density at radius 2 is 2.00 bits per heavy atom. The normalized spacial score (nSPS) is 21.0. The number of aromatic nitrogens is 2. The lowest BCUT2D eigenvalue weighted by molar-refractivity contribution is -0.169. The minimum Gasteiger partial charge on any atom is -0.508 e. The molecule has 0 bridgehead atoms. The van der Waals surface area contributed by atoms with Crippen molar-refractivity contribution in [3.05, 3.63) is 45.9 Å². The second-order valence-corrected chi connectivity index (χ2v) is 7.15. The minimum atomic E-state index is -0.667. The first-order chi connectivity index (χ1) is 12.6. The number of aromatic amines is 1. The molecular weight excluding hydrogens is 332 g/mol. The summed E-state index contributed by atoms with van der Waals surface area (Å²) in [5.41, 5.74) is 2.21. The van der Waals surface area contributed by atoms with Crippen molar-refractivity contribution < 1.29 is 14.6 Å². The quantitative estimate of drug-likeness (QED) is 0.879. The summed E-state index contributed by atoms with van der Waals surface area (Å²) < 4.78 is 11.8. The highest BCUT2D eigenvalue weighted by Gasteiger charge is 2.45. The standard InChI is InChI=1S/C20H24N2O4/c1-2-3-4-14-11-20(25-9-10-26-20)12-16-17(14)21-18(22-19(16)24)13-5-7-15(23)8-6-13/h5-8,14,23H,2-4,9-12H2,1H3,(H,21,22,24). The molecule has 1 unspecified atom stereocenters. The maximum Gasteiger partial charge on any atom is 0.254 e. The molecule has 4 rings (SSSR count). The molecule has 6 nitrogen and oxygen atoms in total. The molecular formula is C20H24N2O4. The monoisotopic (exact) mass is 356 g/mol. The van der Waals surface area contributed by atoms with Gasteiger partial charge in [0.15, 0.2) is 5.79 Å². The maximum absolute atomic E-state index is 12.8. The summed E-state index contributed by atoms with van der Waals surface area (Å²) in [7, 11) is 0. The van der Waals surface area contributed by atoms with Crippen molar-refractivity contribution >= 4 is 0 Å². The molecule has 1 aliphatic heterocycles. The average Bonchev–Trinajstić information content (AvgIpc) is 3.08. The second kappa shape index (κ2) is 6.85. The Morgan fingerprint density at radius 3 is 2.69 bits per heavy atom. The lowest BCUT2D eigenvalue weighted by Gasteiger charge is -2.36. The third kappa shape index (κ3) is 3.15. The van der Waals surface area contributed by atoms with Crippen LogP contribution in [0.3, 0.4) is 0 Å². The molecule has 1 saturated heterocycles. The topological polar surface area (TPSA) is 84.4 Å². The van der Waals surface area contributed by atoms with Gasteiger partial charge in [0.05, 0.1) is 18.9 Å². The molecule has 2 aliphatic rings. The van der Waals surface area contributed by atoms with Crippen LogP contribution in [-0.2, 0) is 15.9 Å². The molecule has 2 aromatic rings. The van der Waals surface area contributed by atoms with Crippen LogP contribution in [0, 0.1) is 0 Å². The van der Waals surface area contributed by atoms with Crippen LogP contribution in [0.2, 0.25) is 0 Å². The van der Waals surface area contributed by atoms with E-state index in [2.05, 4.69) is 11.9 Å². The maximum atomic E-state index is 12.8. The summed E-state index contributed by atoms with van der Waals surface area (Å²) in [5, 5.41) is 9.49. The summed E-state index contributed by atoms with van der Waals surface area (Å²) in [5.74, 6) is 0.210. The lowest BCUT2D eigenvalue weighted by atomic mass is 9.80. The fraction of sp³-hybridized carbons (Fsp3) is 0.500. The van der Waals surface area contributed by atoms with Gasteiger partial charge in [-0.05, 0) is 30.7 Å².